The van der Waals surface area contributed by atoms with Crippen LogP contribution >= 0.6 is 0 Å². The fourth-order valence-corrected chi connectivity index (χ4v) is 1.21. The summed E-state index contributed by atoms with van der Waals surface area (Å²) >= 11 is 0. The Kier molecular flexibility index (Phi) is 6.64. The van der Waals surface area contributed by atoms with E-state index in [0.29, 0.717) is 6.54 Å². The lowest BCUT2D eigenvalue weighted by atomic mass is 10.2. The molecule has 88 valence electrons. The topological polar surface area (TPSA) is 115 Å². The smallest absolute Gasteiger partial charge is 0.235 e. The van der Waals surface area contributed by atoms with Crippen LogP contribution in [0.1, 0.15) is 19.8 Å². The van der Waals surface area contributed by atoms with Crippen LogP contribution in [-0.4, -0.2) is 42.4 Å². The Morgan fingerprint density at radius 1 is 1.33 bits per heavy atom. The summed E-state index contributed by atoms with van der Waals surface area (Å²) in [6.07, 6.45) is 1.93. The summed E-state index contributed by atoms with van der Waals surface area (Å²) in [5.41, 5.74) is 15.6. The van der Waals surface area contributed by atoms with Gasteiger partial charge in [0.1, 0.15) is 0 Å². The number of unbranched alkanes of at least 4 members (excludes halogenated alkanes) is 1. The van der Waals surface area contributed by atoms with E-state index in [1.807, 2.05) is 6.92 Å². The van der Waals surface area contributed by atoms with Crippen molar-refractivity contribution in [2.45, 2.75) is 25.8 Å². The number of carbonyl (C=O) groups is 2. The molecule has 0 radical (unpaired) electrons. The lowest BCUT2D eigenvalue weighted by molar-refractivity contribution is -0.122. The first kappa shape index (κ1) is 13.9. The fourth-order valence-electron chi connectivity index (χ4n) is 1.21. The zero-order valence-electron chi connectivity index (χ0n) is 9.11. The number of carbonyl (C=O) groups excluding carboxylic acids is 2. The normalized spacial score (nSPS) is 12.7. The molecule has 0 aliphatic heterocycles. The van der Waals surface area contributed by atoms with E-state index in [0.717, 1.165) is 12.8 Å². The third-order valence-electron chi connectivity index (χ3n) is 2.03. The summed E-state index contributed by atoms with van der Waals surface area (Å²) in [6, 6.07) is -0.749. The molecule has 1 atom stereocenters. The summed E-state index contributed by atoms with van der Waals surface area (Å²) in [6.45, 7) is 3.12. The molecule has 0 aliphatic rings. The third-order valence-corrected chi connectivity index (χ3v) is 2.03. The standard InChI is InChI=1S/C9H20N4O2/c1-2-3-4-13(6-8(11)14)5-7(10)9(12)15/h7H,2-6,10H2,1H3,(H2,11,14)(H2,12,15). The van der Waals surface area contributed by atoms with Crippen molar-refractivity contribution in [2.24, 2.45) is 17.2 Å². The first-order valence-electron chi connectivity index (χ1n) is 5.03. The molecule has 0 rings (SSSR count). The van der Waals surface area contributed by atoms with Gasteiger partial charge in [-0.05, 0) is 13.0 Å². The number of nitrogens with zero attached hydrogens (tertiary/aromatic N) is 1. The Bertz CT molecular complexity index is 220. The zero-order valence-corrected chi connectivity index (χ0v) is 9.11. The molecule has 0 aliphatic carbocycles. The van der Waals surface area contributed by atoms with E-state index in [1.54, 1.807) is 4.90 Å². The van der Waals surface area contributed by atoms with Crippen molar-refractivity contribution < 1.29 is 9.59 Å². The van der Waals surface area contributed by atoms with Gasteiger partial charge in [-0.25, -0.2) is 0 Å². The van der Waals surface area contributed by atoms with Crippen molar-refractivity contribution in [3.05, 3.63) is 0 Å². The molecule has 0 saturated heterocycles. The van der Waals surface area contributed by atoms with Gasteiger partial charge in [-0.3, -0.25) is 14.5 Å². The van der Waals surface area contributed by atoms with Gasteiger partial charge in [0.25, 0.3) is 0 Å². The van der Waals surface area contributed by atoms with Crippen LogP contribution in [0.25, 0.3) is 0 Å². The number of nitrogens with two attached hydrogens (primary N) is 3. The SMILES string of the molecule is CCCCN(CC(N)=O)CC(N)C(N)=O. The van der Waals surface area contributed by atoms with Crippen molar-refractivity contribution in [1.29, 1.82) is 0 Å². The second-order valence-corrected chi connectivity index (χ2v) is 3.56. The predicted octanol–water partition coefficient (Wildman–Crippen LogP) is -1.61. The Morgan fingerprint density at radius 2 is 1.93 bits per heavy atom. The summed E-state index contributed by atoms with van der Waals surface area (Å²) in [7, 11) is 0. The van der Waals surface area contributed by atoms with Crippen LogP contribution < -0.4 is 17.2 Å². The van der Waals surface area contributed by atoms with E-state index in [4.69, 9.17) is 17.2 Å². The minimum absolute atomic E-state index is 0.112. The van der Waals surface area contributed by atoms with Crippen LogP contribution in [0.3, 0.4) is 0 Å². The molecule has 2 amide bonds. The third kappa shape index (κ3) is 6.87. The Morgan fingerprint density at radius 3 is 2.33 bits per heavy atom. The van der Waals surface area contributed by atoms with Crippen LogP contribution in [-0.2, 0) is 9.59 Å². The van der Waals surface area contributed by atoms with Crippen LogP contribution in [0, 0.1) is 0 Å². The number of hydrogen-bond acceptors (Lipinski definition) is 4. The Labute approximate surface area is 89.8 Å². The van der Waals surface area contributed by atoms with Gasteiger partial charge in [0.15, 0.2) is 0 Å². The first-order valence-corrected chi connectivity index (χ1v) is 5.03. The second kappa shape index (κ2) is 7.19. The molecule has 0 aromatic carbocycles. The van der Waals surface area contributed by atoms with E-state index >= 15 is 0 Å². The monoisotopic (exact) mass is 216 g/mol. The van der Waals surface area contributed by atoms with Crippen LogP contribution in [0.2, 0.25) is 0 Å². The van der Waals surface area contributed by atoms with Gasteiger partial charge in [0.05, 0.1) is 12.6 Å². The number of primary amides is 2. The van der Waals surface area contributed by atoms with Gasteiger partial charge in [-0.15, -0.1) is 0 Å². The largest absolute Gasteiger partial charge is 0.369 e. The average molecular weight is 216 g/mol. The molecular formula is C9H20N4O2. The maximum Gasteiger partial charge on any atom is 0.235 e. The minimum atomic E-state index is -0.749. The van der Waals surface area contributed by atoms with Crippen molar-refractivity contribution >= 4 is 11.8 Å². The first-order chi connectivity index (χ1) is 6.97. The predicted molar refractivity (Wildman–Crippen MR) is 57.7 cm³/mol. The number of rotatable bonds is 8. The molecule has 6 N–H and O–H groups in total. The molecule has 0 heterocycles. The van der Waals surface area contributed by atoms with E-state index in [9.17, 15) is 9.59 Å². The minimum Gasteiger partial charge on any atom is -0.369 e. The van der Waals surface area contributed by atoms with E-state index < -0.39 is 17.9 Å². The second-order valence-electron chi connectivity index (χ2n) is 3.56. The average Bonchev–Trinajstić information content (AvgIpc) is 2.13. The fraction of sp³-hybridized carbons (Fsp3) is 0.778. The molecule has 0 aromatic rings. The molecular weight excluding hydrogens is 196 g/mol. The van der Waals surface area contributed by atoms with Gasteiger partial charge < -0.3 is 17.2 Å². The summed E-state index contributed by atoms with van der Waals surface area (Å²) < 4.78 is 0. The molecule has 0 aromatic heterocycles. The highest BCUT2D eigenvalue weighted by atomic mass is 16.1. The highest BCUT2D eigenvalue weighted by Crippen LogP contribution is 1.96. The van der Waals surface area contributed by atoms with Crippen molar-refractivity contribution in [3.8, 4) is 0 Å². The van der Waals surface area contributed by atoms with Gasteiger partial charge in [-0.2, -0.15) is 0 Å². The van der Waals surface area contributed by atoms with Gasteiger partial charge in [-0.1, -0.05) is 13.3 Å². The highest BCUT2D eigenvalue weighted by molar-refractivity contribution is 5.80. The molecule has 0 spiro atoms. The van der Waals surface area contributed by atoms with Gasteiger partial charge in [0, 0.05) is 6.54 Å². The Hall–Kier alpha value is -1.14. The summed E-state index contributed by atoms with van der Waals surface area (Å²) in [5, 5.41) is 0. The van der Waals surface area contributed by atoms with Crippen molar-refractivity contribution in [3.63, 3.8) is 0 Å². The maximum atomic E-state index is 10.7. The molecule has 6 nitrogen and oxygen atoms in total. The van der Waals surface area contributed by atoms with Crippen LogP contribution in [0.4, 0.5) is 0 Å². The van der Waals surface area contributed by atoms with Crippen molar-refractivity contribution in [2.75, 3.05) is 19.6 Å². The van der Waals surface area contributed by atoms with Gasteiger partial charge in [0.2, 0.25) is 11.8 Å². The molecule has 0 saturated carbocycles. The van der Waals surface area contributed by atoms with Gasteiger partial charge >= 0.3 is 0 Å². The molecule has 0 fully saturated rings. The lowest BCUT2D eigenvalue weighted by Gasteiger charge is -2.22. The molecule has 15 heavy (non-hydrogen) atoms. The summed E-state index contributed by atoms with van der Waals surface area (Å²) in [5.74, 6) is -0.997. The lowest BCUT2D eigenvalue weighted by Crippen LogP contribution is -2.48. The quantitative estimate of drug-likeness (QED) is 0.452. The maximum absolute atomic E-state index is 10.7. The molecule has 6 heteroatoms. The van der Waals surface area contributed by atoms with E-state index in [2.05, 4.69) is 0 Å². The zero-order chi connectivity index (χ0) is 11.8. The Balaban J connectivity index is 4.10. The highest BCUT2D eigenvalue weighted by Gasteiger charge is 2.15. The molecule has 0 bridgehead atoms. The molecule has 1 unspecified atom stereocenters. The van der Waals surface area contributed by atoms with E-state index in [1.165, 1.54) is 0 Å². The van der Waals surface area contributed by atoms with Crippen LogP contribution in [0.5, 0.6) is 0 Å². The number of hydrogen-bond donors (Lipinski definition) is 3. The van der Waals surface area contributed by atoms with Crippen LogP contribution in [0.15, 0.2) is 0 Å². The number of amides is 2. The van der Waals surface area contributed by atoms with E-state index in [-0.39, 0.29) is 13.1 Å². The van der Waals surface area contributed by atoms with Crippen molar-refractivity contribution in [1.82, 2.24) is 4.90 Å². The summed E-state index contributed by atoms with van der Waals surface area (Å²) in [4.78, 5) is 23.2.